The number of nitrogens with one attached hydrogen (secondary N) is 2. The van der Waals surface area contributed by atoms with Crippen LogP contribution in [0.5, 0.6) is 0 Å². The van der Waals surface area contributed by atoms with E-state index in [2.05, 4.69) is 21.6 Å². The second-order valence-corrected chi connectivity index (χ2v) is 8.49. The molecule has 142 valence electrons. The highest BCUT2D eigenvalue weighted by atomic mass is 19.1. The minimum absolute atomic E-state index is 0.0798. The lowest BCUT2D eigenvalue weighted by Crippen LogP contribution is -2.56. The van der Waals surface area contributed by atoms with Crippen molar-refractivity contribution in [1.29, 1.82) is 0 Å². The third kappa shape index (κ3) is 3.28. The summed E-state index contributed by atoms with van der Waals surface area (Å²) < 4.78 is 13.9. The Morgan fingerprint density at radius 1 is 1.16 bits per heavy atom. The molecule has 3 aliphatic heterocycles. The maximum absolute atomic E-state index is 13.9. The van der Waals surface area contributed by atoms with Crippen molar-refractivity contribution in [2.24, 2.45) is 17.8 Å². The molecule has 0 aromatic carbocycles. The largest absolute Gasteiger partial charge is 0.367 e. The number of hydrogen-bond donors (Lipinski definition) is 4. The number of aliphatic hydroxyl groups excluding tert-OH is 1. The molecule has 0 aromatic rings. The summed E-state index contributed by atoms with van der Waals surface area (Å²) in [5.41, 5.74) is 0. The van der Waals surface area contributed by atoms with E-state index in [0.717, 1.165) is 38.6 Å². The number of hydrogen-bond acceptors (Lipinski definition) is 5. The van der Waals surface area contributed by atoms with Crippen molar-refractivity contribution in [3.8, 4) is 0 Å². The van der Waals surface area contributed by atoms with E-state index in [0.29, 0.717) is 30.5 Å². The van der Waals surface area contributed by atoms with Crippen LogP contribution in [-0.4, -0.2) is 65.0 Å². The maximum atomic E-state index is 13.9. The van der Waals surface area contributed by atoms with Gasteiger partial charge in [-0.05, 0) is 56.4 Å². The quantitative estimate of drug-likeness (QED) is 0.450. The van der Waals surface area contributed by atoms with E-state index in [-0.39, 0.29) is 18.1 Å². The van der Waals surface area contributed by atoms with Crippen molar-refractivity contribution in [2.45, 2.75) is 75.8 Å². The van der Waals surface area contributed by atoms with Crippen molar-refractivity contribution in [2.75, 3.05) is 13.1 Å². The van der Waals surface area contributed by atoms with Gasteiger partial charge in [-0.3, -0.25) is 10.2 Å². The first-order valence-corrected chi connectivity index (χ1v) is 9.99. The van der Waals surface area contributed by atoms with Gasteiger partial charge in [-0.25, -0.2) is 4.39 Å². The van der Waals surface area contributed by atoms with Crippen molar-refractivity contribution in [3.63, 3.8) is 0 Å². The molecule has 0 aromatic heterocycles. The number of aliphatic hydroxyl groups is 2. The molecule has 8 unspecified atom stereocenters. The average molecular weight is 353 g/mol. The van der Waals surface area contributed by atoms with Crippen LogP contribution >= 0.6 is 0 Å². The average Bonchev–Trinajstić information content (AvgIpc) is 3.19. The van der Waals surface area contributed by atoms with Crippen LogP contribution in [0.15, 0.2) is 12.2 Å². The zero-order valence-corrected chi connectivity index (χ0v) is 15.0. The zero-order valence-electron chi connectivity index (χ0n) is 15.0. The summed E-state index contributed by atoms with van der Waals surface area (Å²) in [7, 11) is 0. The van der Waals surface area contributed by atoms with Gasteiger partial charge in [-0.1, -0.05) is 19.1 Å². The van der Waals surface area contributed by atoms with E-state index < -0.39 is 12.5 Å². The third-order valence-electron chi connectivity index (χ3n) is 7.01. The predicted octanol–water partition coefficient (Wildman–Crippen LogP) is 0.978. The van der Waals surface area contributed by atoms with Crippen molar-refractivity contribution in [3.05, 3.63) is 12.2 Å². The van der Waals surface area contributed by atoms with E-state index in [9.17, 15) is 14.6 Å². The number of fused-ring (bicyclic) bond motifs is 1. The van der Waals surface area contributed by atoms with E-state index in [1.54, 1.807) is 6.08 Å². The van der Waals surface area contributed by atoms with E-state index in [1.165, 1.54) is 0 Å². The number of alkyl halides is 1. The topological polar surface area (TPSA) is 67.8 Å². The van der Waals surface area contributed by atoms with Gasteiger partial charge in [-0.2, -0.15) is 0 Å². The molecule has 0 amide bonds. The van der Waals surface area contributed by atoms with E-state index >= 15 is 0 Å². The highest BCUT2D eigenvalue weighted by Gasteiger charge is 2.50. The van der Waals surface area contributed by atoms with Crippen LogP contribution < -0.4 is 10.6 Å². The van der Waals surface area contributed by atoms with Crippen molar-refractivity contribution >= 4 is 0 Å². The molecule has 6 heteroatoms. The van der Waals surface area contributed by atoms with Gasteiger partial charge in [0.2, 0.25) is 0 Å². The zero-order chi connectivity index (χ0) is 17.6. The number of nitrogens with zero attached hydrogens (tertiary/aromatic N) is 1. The van der Waals surface area contributed by atoms with Gasteiger partial charge >= 0.3 is 0 Å². The summed E-state index contributed by atoms with van der Waals surface area (Å²) >= 11 is 0. The van der Waals surface area contributed by atoms with Crippen LogP contribution in [-0.2, 0) is 0 Å². The molecule has 5 nitrogen and oxygen atoms in total. The molecular weight excluding hydrogens is 321 g/mol. The molecule has 3 fully saturated rings. The summed E-state index contributed by atoms with van der Waals surface area (Å²) in [6.07, 6.45) is 7.39. The Bertz CT molecular complexity index is 503. The normalized spacial score (nSPS) is 48.2. The Kier molecular flexibility index (Phi) is 5.17. The first kappa shape index (κ1) is 17.9. The van der Waals surface area contributed by atoms with Gasteiger partial charge in [0, 0.05) is 18.6 Å². The lowest BCUT2D eigenvalue weighted by molar-refractivity contribution is -0.101. The molecule has 0 bridgehead atoms. The molecule has 0 spiro atoms. The molecule has 4 aliphatic rings. The molecule has 3 saturated heterocycles. The fourth-order valence-corrected chi connectivity index (χ4v) is 5.78. The van der Waals surface area contributed by atoms with Gasteiger partial charge in [0.05, 0.1) is 12.2 Å². The number of piperidine rings is 1. The molecule has 4 N–H and O–H groups in total. The summed E-state index contributed by atoms with van der Waals surface area (Å²) in [5.74, 6) is 0.938. The van der Waals surface area contributed by atoms with Crippen LogP contribution in [0.25, 0.3) is 0 Å². The third-order valence-corrected chi connectivity index (χ3v) is 7.01. The monoisotopic (exact) mass is 353 g/mol. The fraction of sp³-hybridized carbons (Fsp3) is 0.895. The Hall–Kier alpha value is -0.530. The SMILES string of the molecule is CC1CC(C2NCCCC2C2CCC3NCC(C(O)O)N32)C=CC1F. The number of halogens is 1. The second kappa shape index (κ2) is 7.24. The first-order valence-electron chi connectivity index (χ1n) is 9.99. The summed E-state index contributed by atoms with van der Waals surface area (Å²) in [6.45, 7) is 3.68. The van der Waals surface area contributed by atoms with Gasteiger partial charge in [0.15, 0.2) is 6.29 Å². The van der Waals surface area contributed by atoms with Crippen molar-refractivity contribution < 1.29 is 14.6 Å². The molecule has 0 radical (unpaired) electrons. The Labute approximate surface area is 149 Å². The fourth-order valence-electron chi connectivity index (χ4n) is 5.78. The molecule has 8 atom stereocenters. The lowest BCUT2D eigenvalue weighted by atomic mass is 9.72. The summed E-state index contributed by atoms with van der Waals surface area (Å²) in [6, 6.07) is 0.522. The van der Waals surface area contributed by atoms with Crippen LogP contribution in [0.4, 0.5) is 4.39 Å². The van der Waals surface area contributed by atoms with Crippen LogP contribution in [0.1, 0.15) is 39.0 Å². The van der Waals surface area contributed by atoms with Crippen LogP contribution in [0.3, 0.4) is 0 Å². The Balaban J connectivity index is 1.54. The smallest absolute Gasteiger partial charge is 0.168 e. The summed E-state index contributed by atoms with van der Waals surface area (Å²) in [5, 5.41) is 26.8. The van der Waals surface area contributed by atoms with Gasteiger partial charge in [0.25, 0.3) is 0 Å². The predicted molar refractivity (Wildman–Crippen MR) is 94.5 cm³/mol. The number of allylic oxidation sites excluding steroid dienone is 1. The molecule has 1 aliphatic carbocycles. The first-order chi connectivity index (χ1) is 12.1. The van der Waals surface area contributed by atoms with Crippen LogP contribution in [0, 0.1) is 17.8 Å². The molecule has 25 heavy (non-hydrogen) atoms. The van der Waals surface area contributed by atoms with Crippen LogP contribution in [0.2, 0.25) is 0 Å². The van der Waals surface area contributed by atoms with Gasteiger partial charge in [-0.15, -0.1) is 0 Å². The minimum Gasteiger partial charge on any atom is -0.367 e. The number of rotatable bonds is 3. The highest BCUT2D eigenvalue weighted by molar-refractivity contribution is 5.10. The second-order valence-electron chi connectivity index (χ2n) is 8.49. The Morgan fingerprint density at radius 3 is 2.76 bits per heavy atom. The Morgan fingerprint density at radius 2 is 2.00 bits per heavy atom. The standard InChI is InChI=1S/C19H32FN3O2/c1-11-9-12(4-5-14(11)20)18-13(3-2-8-21-18)15-6-7-17-22-10-16(19(24)25)23(15)17/h4-5,11-19,21-22,24-25H,2-3,6-10H2,1H3. The molecule has 0 saturated carbocycles. The molecule has 3 heterocycles. The van der Waals surface area contributed by atoms with Crippen molar-refractivity contribution in [1.82, 2.24) is 15.5 Å². The maximum Gasteiger partial charge on any atom is 0.168 e. The molecular formula is C19H32FN3O2. The highest BCUT2D eigenvalue weighted by Crippen LogP contribution is 2.41. The lowest BCUT2D eigenvalue weighted by Gasteiger charge is -2.45. The van der Waals surface area contributed by atoms with Gasteiger partial charge < -0.3 is 15.5 Å². The minimum atomic E-state index is -1.30. The molecule has 4 rings (SSSR count). The van der Waals surface area contributed by atoms with E-state index in [1.807, 2.05) is 6.92 Å². The van der Waals surface area contributed by atoms with E-state index in [4.69, 9.17) is 0 Å². The van der Waals surface area contributed by atoms with Gasteiger partial charge in [0.1, 0.15) is 6.17 Å². The summed E-state index contributed by atoms with van der Waals surface area (Å²) in [4.78, 5) is 2.34.